The van der Waals surface area contributed by atoms with Gasteiger partial charge in [-0.25, -0.2) is 4.98 Å². The number of nitrogens with zero attached hydrogens (tertiary/aromatic N) is 2. The number of fused-ring (bicyclic) bond motifs is 1. The minimum Gasteiger partial charge on any atom is -0.324 e. The SMILES string of the molecule is CCc1ccccc1NC(=O)Cn1cnc2sc(C)c(-c3ccc(Br)cc3)c2c1=O. The van der Waals surface area contributed by atoms with E-state index in [1.807, 2.05) is 62.4 Å². The first-order valence-corrected chi connectivity index (χ1v) is 11.2. The van der Waals surface area contributed by atoms with Crippen LogP contribution >= 0.6 is 27.3 Å². The van der Waals surface area contributed by atoms with Crippen molar-refractivity contribution in [1.82, 2.24) is 9.55 Å². The molecule has 2 aromatic carbocycles. The fraction of sp³-hybridized carbons (Fsp3) is 0.174. The number of halogens is 1. The van der Waals surface area contributed by atoms with Crippen LogP contribution in [-0.2, 0) is 17.8 Å². The highest BCUT2D eigenvalue weighted by molar-refractivity contribution is 9.10. The van der Waals surface area contributed by atoms with Crippen LogP contribution in [0.5, 0.6) is 0 Å². The Morgan fingerprint density at radius 3 is 2.63 bits per heavy atom. The highest BCUT2D eigenvalue weighted by Gasteiger charge is 2.18. The number of hydrogen-bond donors (Lipinski definition) is 1. The van der Waals surface area contributed by atoms with Crippen LogP contribution in [0.15, 0.2) is 64.1 Å². The lowest BCUT2D eigenvalue weighted by Gasteiger charge is -2.11. The lowest BCUT2D eigenvalue weighted by atomic mass is 10.0. The van der Waals surface area contributed by atoms with Crippen LogP contribution in [0.2, 0.25) is 0 Å². The molecule has 0 fully saturated rings. The van der Waals surface area contributed by atoms with Crippen molar-refractivity contribution in [3.63, 3.8) is 0 Å². The summed E-state index contributed by atoms with van der Waals surface area (Å²) in [4.78, 5) is 32.0. The maximum Gasteiger partial charge on any atom is 0.263 e. The second-order valence-electron chi connectivity index (χ2n) is 6.96. The molecule has 0 radical (unpaired) electrons. The first kappa shape index (κ1) is 20.5. The molecular weight excluding hydrogens is 462 g/mol. The zero-order valence-corrected chi connectivity index (χ0v) is 19.0. The van der Waals surface area contributed by atoms with Crippen molar-refractivity contribution < 1.29 is 4.79 Å². The van der Waals surface area contributed by atoms with Gasteiger partial charge in [-0.2, -0.15) is 0 Å². The molecule has 0 saturated carbocycles. The van der Waals surface area contributed by atoms with E-state index in [0.717, 1.165) is 38.1 Å². The molecule has 2 aromatic heterocycles. The molecule has 2 heterocycles. The summed E-state index contributed by atoms with van der Waals surface area (Å²) in [5.41, 5.74) is 3.46. The molecule has 152 valence electrons. The van der Waals surface area contributed by atoms with E-state index in [2.05, 4.69) is 26.2 Å². The largest absolute Gasteiger partial charge is 0.324 e. The summed E-state index contributed by atoms with van der Waals surface area (Å²) in [5, 5.41) is 3.47. The van der Waals surface area contributed by atoms with Crippen molar-refractivity contribution in [2.45, 2.75) is 26.8 Å². The smallest absolute Gasteiger partial charge is 0.263 e. The van der Waals surface area contributed by atoms with Gasteiger partial charge in [-0.15, -0.1) is 11.3 Å². The molecule has 30 heavy (non-hydrogen) atoms. The van der Waals surface area contributed by atoms with Gasteiger partial charge in [0.1, 0.15) is 11.4 Å². The van der Waals surface area contributed by atoms with Crippen molar-refractivity contribution >= 4 is 49.1 Å². The zero-order valence-electron chi connectivity index (χ0n) is 16.6. The van der Waals surface area contributed by atoms with E-state index in [0.29, 0.717) is 10.2 Å². The fourth-order valence-corrected chi connectivity index (χ4v) is 4.78. The molecule has 7 heteroatoms. The second-order valence-corrected chi connectivity index (χ2v) is 9.08. The molecule has 0 aliphatic carbocycles. The maximum absolute atomic E-state index is 13.3. The molecule has 4 rings (SSSR count). The van der Waals surface area contributed by atoms with Gasteiger partial charge in [0.2, 0.25) is 5.91 Å². The molecule has 0 aliphatic heterocycles. The van der Waals surface area contributed by atoms with Crippen molar-refractivity contribution in [3.8, 4) is 11.1 Å². The normalized spacial score (nSPS) is 11.0. The van der Waals surface area contributed by atoms with E-state index < -0.39 is 0 Å². The quantitative estimate of drug-likeness (QED) is 0.415. The lowest BCUT2D eigenvalue weighted by Crippen LogP contribution is -2.28. The van der Waals surface area contributed by atoms with Crippen LogP contribution < -0.4 is 10.9 Å². The van der Waals surface area contributed by atoms with Gasteiger partial charge in [0.05, 0.1) is 11.7 Å². The first-order valence-electron chi connectivity index (χ1n) is 9.60. The number of benzene rings is 2. The Labute approximate surface area is 186 Å². The van der Waals surface area contributed by atoms with Crippen LogP contribution in [0.25, 0.3) is 21.3 Å². The van der Waals surface area contributed by atoms with Gasteiger partial charge in [0.15, 0.2) is 0 Å². The number of carbonyl (C=O) groups excluding carboxylic acids is 1. The highest BCUT2D eigenvalue weighted by Crippen LogP contribution is 2.35. The van der Waals surface area contributed by atoms with Crippen LogP contribution in [0.1, 0.15) is 17.4 Å². The third-order valence-electron chi connectivity index (χ3n) is 4.97. The van der Waals surface area contributed by atoms with E-state index in [1.165, 1.54) is 22.2 Å². The van der Waals surface area contributed by atoms with Crippen LogP contribution in [0.4, 0.5) is 5.69 Å². The lowest BCUT2D eigenvalue weighted by molar-refractivity contribution is -0.116. The number of aryl methyl sites for hydroxylation is 2. The molecule has 0 bridgehead atoms. The Balaban J connectivity index is 1.70. The molecule has 0 saturated heterocycles. The van der Waals surface area contributed by atoms with E-state index >= 15 is 0 Å². The van der Waals surface area contributed by atoms with Crippen LogP contribution in [-0.4, -0.2) is 15.5 Å². The number of rotatable bonds is 5. The van der Waals surface area contributed by atoms with E-state index in [4.69, 9.17) is 0 Å². The standard InChI is InChI=1S/C23H20BrN3O2S/c1-3-15-6-4-5-7-18(15)26-19(28)12-27-13-25-22-21(23(27)29)20(14(2)30-22)16-8-10-17(24)11-9-16/h4-11,13H,3,12H2,1-2H3,(H,26,28). The van der Waals surface area contributed by atoms with Crippen LogP contribution in [0.3, 0.4) is 0 Å². The van der Waals surface area contributed by atoms with Gasteiger partial charge in [0.25, 0.3) is 5.56 Å². The highest BCUT2D eigenvalue weighted by atomic mass is 79.9. The van der Waals surface area contributed by atoms with Gasteiger partial charge < -0.3 is 5.32 Å². The molecule has 4 aromatic rings. The van der Waals surface area contributed by atoms with Crippen molar-refractivity contribution in [3.05, 3.63) is 80.1 Å². The zero-order chi connectivity index (χ0) is 21.3. The van der Waals surface area contributed by atoms with Gasteiger partial charge in [0, 0.05) is 20.6 Å². The predicted octanol–water partition coefficient (Wildman–Crippen LogP) is 5.40. The summed E-state index contributed by atoms with van der Waals surface area (Å²) in [7, 11) is 0. The second kappa shape index (κ2) is 8.53. The number of amides is 1. The summed E-state index contributed by atoms with van der Waals surface area (Å²) in [6.07, 6.45) is 2.27. The number of anilines is 1. The Kier molecular flexibility index (Phi) is 5.83. The van der Waals surface area contributed by atoms with E-state index in [-0.39, 0.29) is 18.0 Å². The van der Waals surface area contributed by atoms with Gasteiger partial charge >= 0.3 is 0 Å². The van der Waals surface area contributed by atoms with Gasteiger partial charge in [-0.3, -0.25) is 14.2 Å². The minimum absolute atomic E-state index is 0.0888. The molecule has 1 N–H and O–H groups in total. The number of thiophene rings is 1. The maximum atomic E-state index is 13.3. The summed E-state index contributed by atoms with van der Waals surface area (Å²) < 4.78 is 2.35. The van der Waals surface area contributed by atoms with Crippen molar-refractivity contribution in [1.29, 1.82) is 0 Å². The molecule has 0 aliphatic rings. The number of carbonyl (C=O) groups is 1. The Morgan fingerprint density at radius 1 is 1.17 bits per heavy atom. The fourth-order valence-electron chi connectivity index (χ4n) is 3.51. The molecule has 5 nitrogen and oxygen atoms in total. The first-order chi connectivity index (χ1) is 14.5. The molecule has 0 atom stereocenters. The Bertz CT molecular complexity index is 1290. The molecule has 0 spiro atoms. The Hall–Kier alpha value is -2.77. The van der Waals surface area contributed by atoms with Crippen molar-refractivity contribution in [2.24, 2.45) is 0 Å². The van der Waals surface area contributed by atoms with Crippen LogP contribution in [0, 0.1) is 6.92 Å². The summed E-state index contributed by atoms with van der Waals surface area (Å²) in [6.45, 7) is 3.94. The predicted molar refractivity (Wildman–Crippen MR) is 126 cm³/mol. The number of aromatic nitrogens is 2. The third-order valence-corrected chi connectivity index (χ3v) is 6.52. The topological polar surface area (TPSA) is 64.0 Å². The van der Waals surface area contributed by atoms with E-state index in [9.17, 15) is 9.59 Å². The van der Waals surface area contributed by atoms with Gasteiger partial charge in [-0.05, 0) is 42.7 Å². The number of hydrogen-bond acceptors (Lipinski definition) is 4. The molecule has 1 amide bonds. The average molecular weight is 482 g/mol. The summed E-state index contributed by atoms with van der Waals surface area (Å²) >= 11 is 4.94. The monoisotopic (exact) mass is 481 g/mol. The van der Waals surface area contributed by atoms with E-state index in [1.54, 1.807) is 0 Å². The third kappa shape index (κ3) is 3.95. The minimum atomic E-state index is -0.253. The number of nitrogens with one attached hydrogen (secondary N) is 1. The average Bonchev–Trinajstić information content (AvgIpc) is 3.08. The van der Waals surface area contributed by atoms with Gasteiger partial charge in [-0.1, -0.05) is 53.2 Å². The Morgan fingerprint density at radius 2 is 1.90 bits per heavy atom. The number of para-hydroxylation sites is 1. The summed E-state index contributed by atoms with van der Waals surface area (Å²) in [6, 6.07) is 15.5. The molecule has 0 unspecified atom stereocenters. The molecular formula is C23H20BrN3O2S. The summed E-state index contributed by atoms with van der Waals surface area (Å²) in [5.74, 6) is -0.253. The van der Waals surface area contributed by atoms with Crippen molar-refractivity contribution in [2.75, 3.05) is 5.32 Å².